The Labute approximate surface area is 71.0 Å². The highest BCUT2D eigenvalue weighted by atomic mass is 16.3. The van der Waals surface area contributed by atoms with Gasteiger partial charge in [0, 0.05) is 18.3 Å². The second kappa shape index (κ2) is 3.80. The molecule has 1 rings (SSSR count). The quantitative estimate of drug-likeness (QED) is 0.663. The van der Waals surface area contributed by atoms with Crippen molar-refractivity contribution in [3.05, 3.63) is 17.6 Å². The minimum absolute atomic E-state index is 0.0163. The van der Waals surface area contributed by atoms with Crippen LogP contribution in [0.25, 0.3) is 0 Å². The molecule has 0 aliphatic rings. The highest BCUT2D eigenvalue weighted by Gasteiger charge is 2.01. The summed E-state index contributed by atoms with van der Waals surface area (Å²) in [5, 5.41) is 9.19. The van der Waals surface area contributed by atoms with Gasteiger partial charge in [-0.15, -0.1) is 0 Å². The Balaban J connectivity index is 3.00. The lowest BCUT2D eigenvalue weighted by Gasteiger charge is -1.98. The van der Waals surface area contributed by atoms with Gasteiger partial charge in [-0.2, -0.15) is 0 Å². The highest BCUT2D eigenvalue weighted by Crippen LogP contribution is 2.11. The van der Waals surface area contributed by atoms with Crippen molar-refractivity contribution in [3.63, 3.8) is 0 Å². The fourth-order valence-electron chi connectivity index (χ4n) is 0.762. The Hall–Kier alpha value is -1.45. The summed E-state index contributed by atoms with van der Waals surface area (Å²) in [6.45, 7) is 4.41. The Morgan fingerprint density at radius 3 is 3.00 bits per heavy atom. The van der Waals surface area contributed by atoms with Crippen LogP contribution in [-0.2, 0) is 0 Å². The van der Waals surface area contributed by atoms with Crippen LogP contribution in [-0.4, -0.2) is 27.8 Å². The van der Waals surface area contributed by atoms with Crippen LogP contribution >= 0.6 is 0 Å². The summed E-state index contributed by atoms with van der Waals surface area (Å²) in [5.41, 5.74) is 1.33. The maximum absolute atomic E-state index is 9.19. The van der Waals surface area contributed by atoms with Crippen molar-refractivity contribution in [1.82, 2.24) is 9.97 Å². The smallest absolute Gasteiger partial charge is 0.217 e. The van der Waals surface area contributed by atoms with Crippen LogP contribution in [0.1, 0.15) is 18.2 Å². The van der Waals surface area contributed by atoms with E-state index in [1.807, 2.05) is 6.92 Å². The van der Waals surface area contributed by atoms with E-state index in [-0.39, 0.29) is 5.88 Å². The molecule has 64 valence electrons. The molecule has 0 saturated heterocycles. The van der Waals surface area contributed by atoms with Crippen LogP contribution in [0.15, 0.2) is 11.3 Å². The molecule has 4 heteroatoms. The molecule has 0 bridgehead atoms. The van der Waals surface area contributed by atoms with Gasteiger partial charge in [0.25, 0.3) is 0 Å². The summed E-state index contributed by atoms with van der Waals surface area (Å²) in [4.78, 5) is 11.6. The molecule has 0 unspecified atom stereocenters. The summed E-state index contributed by atoms with van der Waals surface area (Å²) < 4.78 is 0. The number of aliphatic imine (C=N–C) groups is 1. The predicted octanol–water partition coefficient (Wildman–Crippen LogP) is 0.929. The number of hydrogen-bond donors (Lipinski definition) is 1. The van der Waals surface area contributed by atoms with Crippen LogP contribution < -0.4 is 0 Å². The number of rotatable bonds is 2. The lowest BCUT2D eigenvalue weighted by atomic mass is 10.2. The Kier molecular flexibility index (Phi) is 2.74. The van der Waals surface area contributed by atoms with Gasteiger partial charge in [-0.3, -0.25) is 4.99 Å². The summed E-state index contributed by atoms with van der Waals surface area (Å²) in [7, 11) is 0. The Morgan fingerprint density at radius 2 is 2.33 bits per heavy atom. The van der Waals surface area contributed by atoms with E-state index < -0.39 is 0 Å². The van der Waals surface area contributed by atoms with Gasteiger partial charge in [-0.05, 0) is 13.8 Å². The van der Waals surface area contributed by atoms with E-state index >= 15 is 0 Å². The average Bonchev–Trinajstić information content (AvgIpc) is 2.08. The van der Waals surface area contributed by atoms with Gasteiger partial charge >= 0.3 is 0 Å². The van der Waals surface area contributed by atoms with E-state index in [0.29, 0.717) is 17.8 Å². The van der Waals surface area contributed by atoms with Gasteiger partial charge in [0.1, 0.15) is 6.33 Å². The van der Waals surface area contributed by atoms with Crippen molar-refractivity contribution in [2.75, 3.05) is 6.54 Å². The van der Waals surface area contributed by atoms with Gasteiger partial charge in [0.05, 0.1) is 5.69 Å². The van der Waals surface area contributed by atoms with Gasteiger partial charge in [0.15, 0.2) is 0 Å². The first kappa shape index (κ1) is 8.64. The van der Waals surface area contributed by atoms with E-state index in [2.05, 4.69) is 15.0 Å². The summed E-state index contributed by atoms with van der Waals surface area (Å²) in [6.07, 6.45) is 2.95. The van der Waals surface area contributed by atoms with Crippen molar-refractivity contribution in [3.8, 4) is 5.88 Å². The molecule has 1 aromatic heterocycles. The van der Waals surface area contributed by atoms with E-state index in [1.165, 1.54) is 6.33 Å². The van der Waals surface area contributed by atoms with E-state index in [4.69, 9.17) is 0 Å². The first-order chi connectivity index (χ1) is 5.75. The van der Waals surface area contributed by atoms with Crippen LogP contribution in [0.5, 0.6) is 5.88 Å². The molecule has 1 N–H and O–H groups in total. The topological polar surface area (TPSA) is 58.4 Å². The minimum Gasteiger partial charge on any atom is -0.493 e. The lowest BCUT2D eigenvalue weighted by Crippen LogP contribution is -1.94. The summed E-state index contributed by atoms with van der Waals surface area (Å²) in [5.74, 6) is 0.0163. The van der Waals surface area contributed by atoms with Crippen LogP contribution in [0.2, 0.25) is 0 Å². The van der Waals surface area contributed by atoms with Crippen LogP contribution in [0.4, 0.5) is 0 Å². The monoisotopic (exact) mass is 165 g/mol. The molecule has 12 heavy (non-hydrogen) atoms. The summed E-state index contributed by atoms with van der Waals surface area (Å²) in [6, 6.07) is 0. The van der Waals surface area contributed by atoms with E-state index in [9.17, 15) is 5.11 Å². The van der Waals surface area contributed by atoms with Crippen molar-refractivity contribution < 1.29 is 5.11 Å². The van der Waals surface area contributed by atoms with Gasteiger partial charge in [-0.25, -0.2) is 9.97 Å². The molecule has 1 aromatic rings. The standard InChI is InChI=1S/C8H11N3O/c1-3-9-4-7-6(2)8(12)11-5-10-7/h4-5H,3H2,1-2H3,(H,10,11,12)/b9-4-. The maximum Gasteiger partial charge on any atom is 0.217 e. The normalized spacial score (nSPS) is 10.8. The van der Waals surface area contributed by atoms with Crippen molar-refractivity contribution >= 4 is 6.21 Å². The van der Waals surface area contributed by atoms with Crippen molar-refractivity contribution in [1.29, 1.82) is 0 Å². The number of aromatic hydroxyl groups is 1. The van der Waals surface area contributed by atoms with Gasteiger partial charge in [-0.1, -0.05) is 0 Å². The van der Waals surface area contributed by atoms with E-state index in [0.717, 1.165) is 0 Å². The molecule has 4 nitrogen and oxygen atoms in total. The largest absolute Gasteiger partial charge is 0.493 e. The fourth-order valence-corrected chi connectivity index (χ4v) is 0.762. The van der Waals surface area contributed by atoms with Crippen LogP contribution in [0, 0.1) is 6.92 Å². The molecular formula is C8H11N3O. The third kappa shape index (κ3) is 1.78. The average molecular weight is 165 g/mol. The third-order valence-electron chi connectivity index (χ3n) is 1.49. The molecule has 0 saturated carbocycles. The number of aromatic nitrogens is 2. The van der Waals surface area contributed by atoms with Crippen molar-refractivity contribution in [2.24, 2.45) is 4.99 Å². The first-order valence-corrected chi connectivity index (χ1v) is 3.76. The number of hydrogen-bond acceptors (Lipinski definition) is 4. The molecule has 0 atom stereocenters. The number of nitrogens with zero attached hydrogens (tertiary/aromatic N) is 3. The fraction of sp³-hybridized carbons (Fsp3) is 0.375. The zero-order valence-electron chi connectivity index (χ0n) is 7.15. The molecule has 1 heterocycles. The second-order valence-electron chi connectivity index (χ2n) is 2.34. The first-order valence-electron chi connectivity index (χ1n) is 3.76. The molecule has 0 aromatic carbocycles. The SMILES string of the molecule is CC/N=C\c1ncnc(O)c1C. The molecule has 0 fully saturated rings. The van der Waals surface area contributed by atoms with Crippen molar-refractivity contribution in [2.45, 2.75) is 13.8 Å². The third-order valence-corrected chi connectivity index (χ3v) is 1.49. The molecular weight excluding hydrogens is 154 g/mol. The Bertz CT molecular complexity index is 296. The van der Waals surface area contributed by atoms with Gasteiger partial charge < -0.3 is 5.11 Å². The zero-order valence-corrected chi connectivity index (χ0v) is 7.15. The molecule has 0 spiro atoms. The van der Waals surface area contributed by atoms with E-state index in [1.54, 1.807) is 13.1 Å². The minimum atomic E-state index is 0.0163. The Morgan fingerprint density at radius 1 is 1.58 bits per heavy atom. The zero-order chi connectivity index (χ0) is 8.97. The molecule has 0 aliphatic heterocycles. The molecule has 0 aliphatic carbocycles. The summed E-state index contributed by atoms with van der Waals surface area (Å²) >= 11 is 0. The predicted molar refractivity (Wildman–Crippen MR) is 46.6 cm³/mol. The highest BCUT2D eigenvalue weighted by molar-refractivity contribution is 5.79. The second-order valence-corrected chi connectivity index (χ2v) is 2.34. The lowest BCUT2D eigenvalue weighted by molar-refractivity contribution is 0.447. The van der Waals surface area contributed by atoms with Gasteiger partial charge in [0.2, 0.25) is 5.88 Å². The molecule has 0 amide bonds. The van der Waals surface area contributed by atoms with Crippen LogP contribution in [0.3, 0.4) is 0 Å². The maximum atomic E-state index is 9.19. The molecule has 0 radical (unpaired) electrons.